The van der Waals surface area contributed by atoms with Gasteiger partial charge in [0.05, 0.1) is 5.69 Å². The van der Waals surface area contributed by atoms with E-state index in [1.807, 2.05) is 6.92 Å². The van der Waals surface area contributed by atoms with Crippen LogP contribution in [0.3, 0.4) is 0 Å². The van der Waals surface area contributed by atoms with E-state index in [-0.39, 0.29) is 5.78 Å². The molecule has 0 unspecified atom stereocenters. The topological polar surface area (TPSA) is 42.9 Å². The summed E-state index contributed by atoms with van der Waals surface area (Å²) in [4.78, 5) is 12.0. The van der Waals surface area contributed by atoms with Crippen LogP contribution in [0.2, 0.25) is 0 Å². The van der Waals surface area contributed by atoms with E-state index in [1.165, 1.54) is 0 Å². The van der Waals surface area contributed by atoms with Gasteiger partial charge in [-0.2, -0.15) is 0 Å². The average molecular weight is 182 g/mol. The number of rotatable bonds is 3. The van der Waals surface area contributed by atoms with Crippen LogP contribution < -0.4 is 0 Å². The lowest BCUT2D eigenvalue weighted by Gasteiger charge is -1.95. The van der Waals surface area contributed by atoms with E-state index in [9.17, 15) is 4.79 Å². The van der Waals surface area contributed by atoms with Gasteiger partial charge in [-0.15, -0.1) is 5.10 Å². The van der Waals surface area contributed by atoms with Crippen molar-refractivity contribution >= 4 is 17.3 Å². The zero-order valence-electron chi connectivity index (χ0n) is 7.13. The number of carbonyl (C=O) groups excluding carboxylic acids is 1. The molecule has 0 bridgehead atoms. The fourth-order valence-electron chi connectivity index (χ4n) is 0.806. The molecule has 1 aromatic rings. The van der Waals surface area contributed by atoms with Crippen molar-refractivity contribution < 1.29 is 4.79 Å². The predicted octanol–water partition coefficient (Wildman–Crippen LogP) is 1.86. The zero-order chi connectivity index (χ0) is 9.14. The lowest BCUT2D eigenvalue weighted by molar-refractivity contribution is 0.103. The molecule has 12 heavy (non-hydrogen) atoms. The van der Waals surface area contributed by atoms with Crippen molar-refractivity contribution in [3.63, 3.8) is 0 Å². The lowest BCUT2D eigenvalue weighted by atomic mass is 10.1. The maximum absolute atomic E-state index is 11.4. The summed E-state index contributed by atoms with van der Waals surface area (Å²) >= 11 is 1.14. The van der Waals surface area contributed by atoms with Gasteiger partial charge in [0.2, 0.25) is 5.78 Å². The average Bonchev–Trinajstić information content (AvgIpc) is 2.49. The number of Topliss-reactive ketones (excluding diaryl/α,β-unsaturated/α-hetero) is 1. The molecule has 0 aliphatic rings. The number of nitrogens with zero attached hydrogens (tertiary/aromatic N) is 2. The van der Waals surface area contributed by atoms with Crippen molar-refractivity contribution in [3.8, 4) is 0 Å². The first-order chi connectivity index (χ1) is 5.66. The number of ketones is 1. The number of aryl methyl sites for hydroxylation is 1. The Hall–Kier alpha value is -1.03. The van der Waals surface area contributed by atoms with Crippen LogP contribution in [0, 0.1) is 0 Å². The van der Waals surface area contributed by atoms with Crippen LogP contribution in [-0.2, 0) is 6.42 Å². The molecule has 0 fully saturated rings. The molecular formula is C8H10N2OS. The Morgan fingerprint density at radius 1 is 1.67 bits per heavy atom. The van der Waals surface area contributed by atoms with Gasteiger partial charge in [-0.05, 0) is 30.5 Å². The molecular weight excluding hydrogens is 172 g/mol. The summed E-state index contributed by atoms with van der Waals surface area (Å²) < 4.78 is 3.73. The number of hydrogen-bond acceptors (Lipinski definition) is 4. The first-order valence-corrected chi connectivity index (χ1v) is 4.45. The first-order valence-electron chi connectivity index (χ1n) is 3.68. The molecule has 0 atom stereocenters. The quantitative estimate of drug-likeness (QED) is 0.529. The van der Waals surface area contributed by atoms with Crippen LogP contribution in [0.25, 0.3) is 0 Å². The van der Waals surface area contributed by atoms with Crippen molar-refractivity contribution in [2.75, 3.05) is 0 Å². The van der Waals surface area contributed by atoms with E-state index in [0.717, 1.165) is 23.6 Å². The lowest BCUT2D eigenvalue weighted by Crippen LogP contribution is -2.00. The van der Waals surface area contributed by atoms with Crippen LogP contribution >= 0.6 is 11.5 Å². The molecule has 0 saturated carbocycles. The summed E-state index contributed by atoms with van der Waals surface area (Å²) in [5.74, 6) is -0.0400. The van der Waals surface area contributed by atoms with Crippen molar-refractivity contribution in [1.29, 1.82) is 0 Å². The molecule has 1 rings (SSSR count). The standard InChI is InChI=1S/C8H10N2OS/c1-4-6-8(12-10-9-6)7(11)5(2)3/h2,4H2,1,3H3. The molecule has 0 aliphatic heterocycles. The Kier molecular flexibility index (Phi) is 2.70. The third-order valence-corrected chi connectivity index (χ3v) is 2.25. The van der Waals surface area contributed by atoms with Crippen LogP contribution in [0.15, 0.2) is 12.2 Å². The summed E-state index contributed by atoms with van der Waals surface area (Å²) in [7, 11) is 0. The Bertz CT molecular complexity index is 317. The minimum atomic E-state index is -0.0400. The highest BCUT2D eigenvalue weighted by atomic mass is 32.1. The molecule has 3 nitrogen and oxygen atoms in total. The van der Waals surface area contributed by atoms with Gasteiger partial charge < -0.3 is 0 Å². The third-order valence-electron chi connectivity index (χ3n) is 1.48. The fourth-order valence-corrected chi connectivity index (χ4v) is 1.57. The molecule has 1 aromatic heterocycles. The Labute approximate surface area is 75.3 Å². The molecule has 0 spiro atoms. The van der Waals surface area contributed by atoms with Gasteiger partial charge >= 0.3 is 0 Å². The Balaban J connectivity index is 3.02. The van der Waals surface area contributed by atoms with E-state index in [0.29, 0.717) is 10.5 Å². The van der Waals surface area contributed by atoms with Crippen molar-refractivity contribution in [1.82, 2.24) is 9.59 Å². The molecule has 0 aromatic carbocycles. The second kappa shape index (κ2) is 3.58. The first kappa shape index (κ1) is 9.06. The minimum absolute atomic E-state index is 0.0400. The van der Waals surface area contributed by atoms with Gasteiger partial charge in [-0.1, -0.05) is 18.0 Å². The summed E-state index contributed by atoms with van der Waals surface area (Å²) in [5.41, 5.74) is 1.31. The van der Waals surface area contributed by atoms with E-state index in [4.69, 9.17) is 0 Å². The third kappa shape index (κ3) is 1.58. The summed E-state index contributed by atoms with van der Waals surface area (Å²) in [6.45, 7) is 7.23. The highest BCUT2D eigenvalue weighted by molar-refractivity contribution is 7.08. The smallest absolute Gasteiger partial charge is 0.201 e. The molecule has 0 radical (unpaired) electrons. The molecule has 4 heteroatoms. The van der Waals surface area contributed by atoms with Gasteiger partial charge in [-0.3, -0.25) is 4.79 Å². The summed E-state index contributed by atoms with van der Waals surface area (Å²) in [5, 5.41) is 3.84. The number of hydrogen-bond donors (Lipinski definition) is 0. The van der Waals surface area contributed by atoms with Crippen LogP contribution in [0.5, 0.6) is 0 Å². The highest BCUT2D eigenvalue weighted by Gasteiger charge is 2.14. The van der Waals surface area contributed by atoms with Crippen molar-refractivity contribution in [2.45, 2.75) is 20.3 Å². The second-order valence-corrected chi connectivity index (χ2v) is 3.27. The molecule has 0 aliphatic carbocycles. The van der Waals surface area contributed by atoms with E-state index in [2.05, 4.69) is 16.2 Å². The molecule has 64 valence electrons. The number of carbonyl (C=O) groups is 1. The monoisotopic (exact) mass is 182 g/mol. The summed E-state index contributed by atoms with van der Waals surface area (Å²) in [6, 6.07) is 0. The number of aromatic nitrogens is 2. The predicted molar refractivity (Wildman–Crippen MR) is 48.4 cm³/mol. The molecule has 0 amide bonds. The largest absolute Gasteiger partial charge is 0.288 e. The van der Waals surface area contributed by atoms with Gasteiger partial charge in [0.25, 0.3) is 0 Å². The van der Waals surface area contributed by atoms with Gasteiger partial charge in [0, 0.05) is 0 Å². The van der Waals surface area contributed by atoms with Crippen LogP contribution in [0.1, 0.15) is 29.2 Å². The molecule has 0 saturated heterocycles. The normalized spacial score (nSPS) is 9.83. The Morgan fingerprint density at radius 2 is 2.33 bits per heavy atom. The van der Waals surface area contributed by atoms with Gasteiger partial charge in [0.1, 0.15) is 4.88 Å². The maximum atomic E-state index is 11.4. The van der Waals surface area contributed by atoms with E-state index >= 15 is 0 Å². The zero-order valence-corrected chi connectivity index (χ0v) is 7.94. The molecule has 1 heterocycles. The Morgan fingerprint density at radius 3 is 2.83 bits per heavy atom. The fraction of sp³-hybridized carbons (Fsp3) is 0.375. The van der Waals surface area contributed by atoms with Crippen LogP contribution in [-0.4, -0.2) is 15.4 Å². The summed E-state index contributed by atoms with van der Waals surface area (Å²) in [6.07, 6.45) is 0.741. The van der Waals surface area contributed by atoms with E-state index < -0.39 is 0 Å². The number of allylic oxidation sites excluding steroid dienone is 1. The SMILES string of the molecule is C=C(C)C(=O)c1snnc1CC. The minimum Gasteiger partial charge on any atom is -0.288 e. The van der Waals surface area contributed by atoms with Crippen molar-refractivity contribution in [2.24, 2.45) is 0 Å². The van der Waals surface area contributed by atoms with E-state index in [1.54, 1.807) is 6.92 Å². The second-order valence-electron chi connectivity index (χ2n) is 2.51. The van der Waals surface area contributed by atoms with Gasteiger partial charge in [-0.25, -0.2) is 0 Å². The molecule has 0 N–H and O–H groups in total. The maximum Gasteiger partial charge on any atom is 0.201 e. The van der Waals surface area contributed by atoms with Crippen LogP contribution in [0.4, 0.5) is 0 Å². The van der Waals surface area contributed by atoms with Gasteiger partial charge in [0.15, 0.2) is 0 Å². The van der Waals surface area contributed by atoms with Crippen molar-refractivity contribution in [3.05, 3.63) is 22.7 Å². The highest BCUT2D eigenvalue weighted by Crippen LogP contribution is 2.14.